The molecule has 0 bridgehead atoms. The van der Waals surface area contributed by atoms with E-state index in [0.29, 0.717) is 12.0 Å². The lowest BCUT2D eigenvalue weighted by molar-refractivity contribution is 0.0133. The van der Waals surface area contributed by atoms with E-state index in [2.05, 4.69) is 56.3 Å². The van der Waals surface area contributed by atoms with Gasteiger partial charge in [0.25, 0.3) is 0 Å². The van der Waals surface area contributed by atoms with Crippen molar-refractivity contribution < 1.29 is 9.47 Å². The summed E-state index contributed by atoms with van der Waals surface area (Å²) in [6, 6.07) is 15.3. The summed E-state index contributed by atoms with van der Waals surface area (Å²) in [4.78, 5) is 0. The van der Waals surface area contributed by atoms with E-state index in [9.17, 15) is 0 Å². The molecule has 0 aromatic heterocycles. The van der Waals surface area contributed by atoms with E-state index in [1.807, 2.05) is 6.92 Å². The van der Waals surface area contributed by atoms with E-state index in [1.165, 1.54) is 35.1 Å². The first-order chi connectivity index (χ1) is 12.1. The Kier molecular flexibility index (Phi) is 6.14. The van der Waals surface area contributed by atoms with E-state index >= 15 is 0 Å². The first-order valence-electron chi connectivity index (χ1n) is 9.55. The fraction of sp³-hybridized carbons (Fsp3) is 0.478. The van der Waals surface area contributed by atoms with Gasteiger partial charge in [-0.05, 0) is 75.6 Å². The minimum absolute atomic E-state index is 0.403. The Morgan fingerprint density at radius 3 is 2.12 bits per heavy atom. The average molecular weight is 338 g/mol. The third-order valence-corrected chi connectivity index (χ3v) is 5.10. The molecule has 3 rings (SSSR count). The van der Waals surface area contributed by atoms with Crippen molar-refractivity contribution >= 4 is 0 Å². The van der Waals surface area contributed by atoms with Gasteiger partial charge in [-0.2, -0.15) is 0 Å². The largest absolute Gasteiger partial charge is 0.494 e. The van der Waals surface area contributed by atoms with Crippen molar-refractivity contribution in [3.8, 4) is 5.75 Å². The second-order valence-electron chi connectivity index (χ2n) is 7.28. The van der Waals surface area contributed by atoms with Gasteiger partial charge in [0, 0.05) is 0 Å². The molecule has 2 heteroatoms. The van der Waals surface area contributed by atoms with E-state index in [-0.39, 0.29) is 0 Å². The van der Waals surface area contributed by atoms with Gasteiger partial charge in [-0.3, -0.25) is 0 Å². The minimum Gasteiger partial charge on any atom is -0.494 e. The van der Waals surface area contributed by atoms with E-state index in [0.717, 1.165) is 31.8 Å². The topological polar surface area (TPSA) is 18.5 Å². The minimum atomic E-state index is 0.403. The van der Waals surface area contributed by atoms with Gasteiger partial charge in [-0.25, -0.2) is 0 Å². The molecule has 1 aliphatic carbocycles. The fourth-order valence-electron chi connectivity index (χ4n) is 3.93. The average Bonchev–Trinajstić information content (AvgIpc) is 2.61. The maximum atomic E-state index is 6.19. The third-order valence-electron chi connectivity index (χ3n) is 5.10. The molecule has 0 heterocycles. The first-order valence-corrected chi connectivity index (χ1v) is 9.55. The lowest BCUT2D eigenvalue weighted by Crippen LogP contribution is -2.20. The predicted molar refractivity (Wildman–Crippen MR) is 103 cm³/mol. The van der Waals surface area contributed by atoms with Gasteiger partial charge in [0.15, 0.2) is 0 Å². The molecule has 1 aliphatic rings. The number of aryl methyl sites for hydroxylation is 2. The number of hydrogen-bond donors (Lipinski definition) is 0. The number of hydrogen-bond acceptors (Lipinski definition) is 2. The molecule has 0 aliphatic heterocycles. The Balaban J connectivity index is 1.48. The smallest absolute Gasteiger partial charge is 0.119 e. The van der Waals surface area contributed by atoms with Crippen LogP contribution in [0.1, 0.15) is 60.8 Å². The maximum absolute atomic E-state index is 6.19. The molecule has 134 valence electrons. The molecule has 0 N–H and O–H groups in total. The molecular formula is C23H30O2. The Hall–Kier alpha value is -1.80. The molecule has 25 heavy (non-hydrogen) atoms. The van der Waals surface area contributed by atoms with Crippen LogP contribution in [0, 0.1) is 13.8 Å². The van der Waals surface area contributed by atoms with Gasteiger partial charge < -0.3 is 9.47 Å². The monoisotopic (exact) mass is 338 g/mol. The predicted octanol–water partition coefficient (Wildman–Crippen LogP) is 5.95. The standard InChI is InChI=1S/C23H30O2/c1-4-24-22-9-5-20(6-10-22)21-7-11-23(12-8-21)25-16-19-14-17(2)13-18(3)15-19/h5-6,9-10,13-15,21,23H,4,7-8,11-12,16H2,1-3H3. The maximum Gasteiger partial charge on any atom is 0.119 e. The number of ether oxygens (including phenoxy) is 2. The normalized spacial score (nSPS) is 20.4. The van der Waals surface area contributed by atoms with Gasteiger partial charge in [-0.15, -0.1) is 0 Å². The first kappa shape index (κ1) is 18.0. The highest BCUT2D eigenvalue weighted by Gasteiger charge is 2.22. The van der Waals surface area contributed by atoms with Crippen LogP contribution in [0.25, 0.3) is 0 Å². The molecule has 1 fully saturated rings. The highest BCUT2D eigenvalue weighted by molar-refractivity contribution is 5.30. The molecule has 2 nitrogen and oxygen atoms in total. The van der Waals surface area contributed by atoms with E-state index < -0.39 is 0 Å². The fourth-order valence-corrected chi connectivity index (χ4v) is 3.93. The van der Waals surface area contributed by atoms with Gasteiger partial charge in [0.05, 0.1) is 19.3 Å². The van der Waals surface area contributed by atoms with Crippen molar-refractivity contribution in [2.24, 2.45) is 0 Å². The second-order valence-corrected chi connectivity index (χ2v) is 7.28. The van der Waals surface area contributed by atoms with Crippen LogP contribution in [0.15, 0.2) is 42.5 Å². The zero-order chi connectivity index (χ0) is 17.6. The summed E-state index contributed by atoms with van der Waals surface area (Å²) in [6.45, 7) is 7.79. The van der Waals surface area contributed by atoms with Crippen LogP contribution in [0.4, 0.5) is 0 Å². The van der Waals surface area contributed by atoms with Crippen molar-refractivity contribution in [3.63, 3.8) is 0 Å². The van der Waals surface area contributed by atoms with Gasteiger partial charge >= 0.3 is 0 Å². The van der Waals surface area contributed by atoms with Crippen molar-refractivity contribution in [2.45, 2.75) is 65.1 Å². The van der Waals surface area contributed by atoms with Crippen molar-refractivity contribution in [1.82, 2.24) is 0 Å². The Labute approximate surface area is 152 Å². The molecule has 1 saturated carbocycles. The molecule has 2 aromatic rings. The summed E-state index contributed by atoms with van der Waals surface area (Å²) in [5.74, 6) is 1.63. The Morgan fingerprint density at radius 1 is 0.880 bits per heavy atom. The quantitative estimate of drug-likeness (QED) is 0.648. The van der Waals surface area contributed by atoms with Crippen molar-refractivity contribution in [2.75, 3.05) is 6.61 Å². The zero-order valence-corrected chi connectivity index (χ0v) is 15.8. The van der Waals surface area contributed by atoms with E-state index in [1.54, 1.807) is 0 Å². The molecule has 0 spiro atoms. The molecule has 0 amide bonds. The zero-order valence-electron chi connectivity index (χ0n) is 15.8. The van der Waals surface area contributed by atoms with Crippen LogP contribution in [0.3, 0.4) is 0 Å². The van der Waals surface area contributed by atoms with Crippen molar-refractivity contribution in [1.29, 1.82) is 0 Å². The van der Waals surface area contributed by atoms with Gasteiger partial charge in [-0.1, -0.05) is 41.5 Å². The molecule has 0 radical (unpaired) electrons. The van der Waals surface area contributed by atoms with Crippen molar-refractivity contribution in [3.05, 3.63) is 64.7 Å². The summed E-state index contributed by atoms with van der Waals surface area (Å²) in [5, 5.41) is 0. The molecular weight excluding hydrogens is 308 g/mol. The van der Waals surface area contributed by atoms with Crippen LogP contribution in [-0.4, -0.2) is 12.7 Å². The second kappa shape index (κ2) is 8.53. The van der Waals surface area contributed by atoms with E-state index in [4.69, 9.17) is 9.47 Å². The highest BCUT2D eigenvalue weighted by Crippen LogP contribution is 2.35. The molecule has 0 unspecified atom stereocenters. The van der Waals surface area contributed by atoms with Crippen LogP contribution < -0.4 is 4.74 Å². The number of benzene rings is 2. The third kappa shape index (κ3) is 5.09. The van der Waals surface area contributed by atoms with Crippen LogP contribution in [-0.2, 0) is 11.3 Å². The highest BCUT2D eigenvalue weighted by atomic mass is 16.5. The summed E-state index contributed by atoms with van der Waals surface area (Å²) >= 11 is 0. The molecule has 2 aromatic carbocycles. The van der Waals surface area contributed by atoms with Crippen LogP contribution in [0.5, 0.6) is 5.75 Å². The lowest BCUT2D eigenvalue weighted by atomic mass is 9.83. The molecule has 0 atom stereocenters. The van der Waals surface area contributed by atoms with Gasteiger partial charge in [0.2, 0.25) is 0 Å². The van der Waals surface area contributed by atoms with Crippen LogP contribution in [0.2, 0.25) is 0 Å². The Bertz CT molecular complexity index is 647. The summed E-state index contributed by atoms with van der Waals surface area (Å²) < 4.78 is 11.7. The summed E-state index contributed by atoms with van der Waals surface area (Å²) in [5.41, 5.74) is 5.37. The summed E-state index contributed by atoms with van der Waals surface area (Å²) in [7, 11) is 0. The number of rotatable bonds is 6. The molecule has 0 saturated heterocycles. The SMILES string of the molecule is CCOc1ccc(C2CCC(OCc3cc(C)cc(C)c3)CC2)cc1. The lowest BCUT2D eigenvalue weighted by Gasteiger charge is -2.29. The van der Waals surface area contributed by atoms with Gasteiger partial charge in [0.1, 0.15) is 5.75 Å². The van der Waals surface area contributed by atoms with Crippen LogP contribution >= 0.6 is 0 Å². The Morgan fingerprint density at radius 2 is 1.52 bits per heavy atom. The summed E-state index contributed by atoms with van der Waals surface area (Å²) in [6.07, 6.45) is 5.14.